The maximum absolute atomic E-state index is 6.54. The van der Waals surface area contributed by atoms with Crippen LogP contribution >= 0.6 is 0 Å². The fraction of sp³-hybridized carbons (Fsp3) is 0.875. The average Bonchev–Trinajstić information content (AvgIpc) is 2.88. The Morgan fingerprint density at radius 1 is 1.15 bits per heavy atom. The van der Waals surface area contributed by atoms with Gasteiger partial charge in [0, 0.05) is 5.92 Å². The summed E-state index contributed by atoms with van der Waals surface area (Å²) in [5, 5.41) is 4.25. The molecule has 2 aliphatic carbocycles. The summed E-state index contributed by atoms with van der Waals surface area (Å²) < 4.78 is 5.56. The molecule has 4 nitrogen and oxygen atoms in total. The monoisotopic (exact) mass is 277 g/mol. The molecule has 1 aromatic heterocycles. The fourth-order valence-corrected chi connectivity index (χ4v) is 4.06. The van der Waals surface area contributed by atoms with Crippen LogP contribution in [0, 0.1) is 11.8 Å². The zero-order valence-corrected chi connectivity index (χ0v) is 12.8. The third-order valence-electron chi connectivity index (χ3n) is 5.20. The number of hydrogen-bond donors (Lipinski definition) is 1. The zero-order chi connectivity index (χ0) is 14.2. The van der Waals surface area contributed by atoms with E-state index in [9.17, 15) is 0 Å². The van der Waals surface area contributed by atoms with Crippen molar-refractivity contribution >= 4 is 0 Å². The topological polar surface area (TPSA) is 64.9 Å². The standard InChI is InChI=1S/C16H27N3O/c1-11-5-3-7-13(9-11)14-18-15(20-19-14)16(17)8-4-6-12(2)10-16/h11-13H,3-10,17H2,1-2H3. The highest BCUT2D eigenvalue weighted by molar-refractivity contribution is 5.07. The molecule has 2 fully saturated rings. The second kappa shape index (κ2) is 5.47. The quantitative estimate of drug-likeness (QED) is 0.894. The molecule has 2 saturated carbocycles. The molecule has 4 atom stereocenters. The van der Waals surface area contributed by atoms with E-state index in [1.165, 1.54) is 32.1 Å². The summed E-state index contributed by atoms with van der Waals surface area (Å²) in [6.07, 6.45) is 9.36. The van der Waals surface area contributed by atoms with Gasteiger partial charge in [0.25, 0.3) is 0 Å². The molecule has 0 saturated heterocycles. The van der Waals surface area contributed by atoms with Crippen LogP contribution in [0.4, 0.5) is 0 Å². The number of nitrogens with two attached hydrogens (primary N) is 1. The van der Waals surface area contributed by atoms with Gasteiger partial charge in [-0.2, -0.15) is 4.98 Å². The second-order valence-corrected chi connectivity index (χ2v) is 7.28. The van der Waals surface area contributed by atoms with Gasteiger partial charge in [0.1, 0.15) is 0 Å². The predicted molar refractivity (Wildman–Crippen MR) is 78.2 cm³/mol. The Kier molecular flexibility index (Phi) is 3.85. The lowest BCUT2D eigenvalue weighted by molar-refractivity contribution is 0.183. The largest absolute Gasteiger partial charge is 0.337 e. The highest BCUT2D eigenvalue weighted by atomic mass is 16.5. The van der Waals surface area contributed by atoms with Gasteiger partial charge in [0.05, 0.1) is 5.54 Å². The Labute approximate surface area is 121 Å². The molecule has 4 unspecified atom stereocenters. The Balaban J connectivity index is 1.76. The molecule has 1 heterocycles. The summed E-state index contributed by atoms with van der Waals surface area (Å²) in [5.41, 5.74) is 6.16. The van der Waals surface area contributed by atoms with Crippen LogP contribution in [0.2, 0.25) is 0 Å². The Bertz CT molecular complexity index is 458. The SMILES string of the molecule is CC1CCCC(c2noc(C3(N)CCCC(C)C3)n2)C1. The van der Waals surface area contributed by atoms with Crippen LogP contribution in [-0.2, 0) is 5.54 Å². The van der Waals surface area contributed by atoms with Gasteiger partial charge in [-0.1, -0.05) is 44.7 Å². The van der Waals surface area contributed by atoms with Crippen molar-refractivity contribution in [1.82, 2.24) is 10.1 Å². The minimum atomic E-state index is -0.386. The van der Waals surface area contributed by atoms with E-state index in [0.717, 1.165) is 31.0 Å². The van der Waals surface area contributed by atoms with E-state index in [1.54, 1.807) is 0 Å². The summed E-state index contributed by atoms with van der Waals surface area (Å²) in [4.78, 5) is 4.70. The second-order valence-electron chi connectivity index (χ2n) is 7.28. The third-order valence-corrected chi connectivity index (χ3v) is 5.20. The third kappa shape index (κ3) is 2.76. The van der Waals surface area contributed by atoms with Crippen LogP contribution in [-0.4, -0.2) is 10.1 Å². The molecule has 4 heteroatoms. The van der Waals surface area contributed by atoms with Crippen molar-refractivity contribution in [1.29, 1.82) is 0 Å². The van der Waals surface area contributed by atoms with Crippen molar-refractivity contribution in [2.24, 2.45) is 17.6 Å². The van der Waals surface area contributed by atoms with Crippen molar-refractivity contribution in [3.8, 4) is 0 Å². The fourth-order valence-electron chi connectivity index (χ4n) is 4.06. The molecule has 1 aromatic rings. The molecular weight excluding hydrogens is 250 g/mol. The molecule has 0 aliphatic heterocycles. The van der Waals surface area contributed by atoms with Crippen molar-refractivity contribution < 1.29 is 4.52 Å². The summed E-state index contributed by atoms with van der Waals surface area (Å²) in [5.74, 6) is 3.48. The van der Waals surface area contributed by atoms with E-state index >= 15 is 0 Å². The first kappa shape index (κ1) is 14.1. The average molecular weight is 277 g/mol. The van der Waals surface area contributed by atoms with E-state index in [2.05, 4.69) is 19.0 Å². The van der Waals surface area contributed by atoms with Crippen molar-refractivity contribution in [2.75, 3.05) is 0 Å². The summed E-state index contributed by atoms with van der Waals surface area (Å²) in [7, 11) is 0. The van der Waals surface area contributed by atoms with Crippen molar-refractivity contribution in [2.45, 2.75) is 76.7 Å². The van der Waals surface area contributed by atoms with Crippen LogP contribution in [0.3, 0.4) is 0 Å². The Morgan fingerprint density at radius 2 is 1.95 bits per heavy atom. The highest BCUT2D eigenvalue weighted by Gasteiger charge is 2.38. The molecule has 20 heavy (non-hydrogen) atoms. The van der Waals surface area contributed by atoms with Gasteiger partial charge in [0.15, 0.2) is 5.82 Å². The molecule has 3 rings (SSSR count). The first-order chi connectivity index (χ1) is 9.57. The van der Waals surface area contributed by atoms with E-state index in [1.807, 2.05) is 0 Å². The lowest BCUT2D eigenvalue weighted by atomic mass is 9.77. The summed E-state index contributed by atoms with van der Waals surface area (Å²) in [6.45, 7) is 4.58. The molecule has 0 aromatic carbocycles. The van der Waals surface area contributed by atoms with Crippen LogP contribution in [0.1, 0.15) is 82.8 Å². The minimum absolute atomic E-state index is 0.386. The maximum Gasteiger partial charge on any atom is 0.246 e. The molecule has 2 N–H and O–H groups in total. The molecule has 2 aliphatic rings. The molecule has 112 valence electrons. The van der Waals surface area contributed by atoms with Gasteiger partial charge in [0.2, 0.25) is 5.89 Å². The van der Waals surface area contributed by atoms with Gasteiger partial charge in [-0.25, -0.2) is 0 Å². The van der Waals surface area contributed by atoms with E-state index in [-0.39, 0.29) is 5.54 Å². The first-order valence-electron chi connectivity index (χ1n) is 8.20. The van der Waals surface area contributed by atoms with E-state index < -0.39 is 0 Å². The number of nitrogens with zero attached hydrogens (tertiary/aromatic N) is 2. The molecule has 0 spiro atoms. The number of rotatable bonds is 2. The Morgan fingerprint density at radius 3 is 2.70 bits per heavy atom. The molecular formula is C16H27N3O. The lowest BCUT2D eigenvalue weighted by Crippen LogP contribution is -2.41. The number of hydrogen-bond acceptors (Lipinski definition) is 4. The molecule has 0 radical (unpaired) electrons. The van der Waals surface area contributed by atoms with Gasteiger partial charge in [-0.3, -0.25) is 0 Å². The van der Waals surface area contributed by atoms with Gasteiger partial charge in [-0.05, 0) is 37.5 Å². The molecule has 0 amide bonds. The summed E-state index contributed by atoms with van der Waals surface area (Å²) in [6, 6.07) is 0. The lowest BCUT2D eigenvalue weighted by Gasteiger charge is -2.33. The molecule has 0 bridgehead atoms. The van der Waals surface area contributed by atoms with E-state index in [0.29, 0.717) is 17.7 Å². The van der Waals surface area contributed by atoms with Crippen LogP contribution in [0.25, 0.3) is 0 Å². The normalized spacial score (nSPS) is 38.9. The van der Waals surface area contributed by atoms with Gasteiger partial charge < -0.3 is 10.3 Å². The van der Waals surface area contributed by atoms with Crippen molar-refractivity contribution in [3.63, 3.8) is 0 Å². The van der Waals surface area contributed by atoms with Gasteiger partial charge in [-0.15, -0.1) is 0 Å². The minimum Gasteiger partial charge on any atom is -0.337 e. The first-order valence-corrected chi connectivity index (χ1v) is 8.20. The van der Waals surface area contributed by atoms with Gasteiger partial charge >= 0.3 is 0 Å². The number of aromatic nitrogens is 2. The van der Waals surface area contributed by atoms with Crippen LogP contribution < -0.4 is 5.73 Å². The predicted octanol–water partition coefficient (Wildman–Crippen LogP) is 3.73. The highest BCUT2D eigenvalue weighted by Crippen LogP contribution is 2.39. The summed E-state index contributed by atoms with van der Waals surface area (Å²) >= 11 is 0. The Hall–Kier alpha value is -0.900. The van der Waals surface area contributed by atoms with Crippen molar-refractivity contribution in [3.05, 3.63) is 11.7 Å². The van der Waals surface area contributed by atoms with Crippen LogP contribution in [0.15, 0.2) is 4.52 Å². The van der Waals surface area contributed by atoms with E-state index in [4.69, 9.17) is 15.2 Å². The smallest absolute Gasteiger partial charge is 0.246 e. The maximum atomic E-state index is 6.54. The van der Waals surface area contributed by atoms with Crippen LogP contribution in [0.5, 0.6) is 0 Å². The zero-order valence-electron chi connectivity index (χ0n) is 12.8.